The number of fused-ring (bicyclic) bond motifs is 2. The molecular formula is C27H23FN4O5. The molecule has 5 rings (SSSR count). The third kappa shape index (κ3) is 4.72. The number of aliphatic hydroxyl groups excluding tert-OH is 2. The van der Waals surface area contributed by atoms with Gasteiger partial charge in [-0.15, -0.1) is 0 Å². The van der Waals surface area contributed by atoms with Crippen molar-refractivity contribution in [1.82, 2.24) is 15.5 Å². The summed E-state index contributed by atoms with van der Waals surface area (Å²) >= 11 is 0. The Labute approximate surface area is 210 Å². The van der Waals surface area contributed by atoms with E-state index >= 15 is 0 Å². The number of amides is 1. The summed E-state index contributed by atoms with van der Waals surface area (Å²) in [6.45, 7) is -0.605. The molecule has 0 unspecified atom stereocenters. The van der Waals surface area contributed by atoms with E-state index in [4.69, 9.17) is 0 Å². The van der Waals surface area contributed by atoms with Gasteiger partial charge < -0.3 is 14.9 Å². The van der Waals surface area contributed by atoms with E-state index in [2.05, 4.69) is 25.2 Å². The molecule has 0 bridgehead atoms. The third-order valence-electron chi connectivity index (χ3n) is 6.37. The Kier molecular flexibility index (Phi) is 6.51. The van der Waals surface area contributed by atoms with Gasteiger partial charge in [0.2, 0.25) is 0 Å². The van der Waals surface area contributed by atoms with Crippen LogP contribution in [0.25, 0.3) is 21.9 Å². The van der Waals surface area contributed by atoms with E-state index in [1.54, 1.807) is 36.4 Å². The van der Waals surface area contributed by atoms with Gasteiger partial charge in [-0.25, -0.2) is 19.3 Å². The lowest BCUT2D eigenvalue weighted by atomic mass is 9.96. The number of nitrogens with one attached hydrogen (secondary N) is 2. The van der Waals surface area contributed by atoms with Gasteiger partial charge in [0.25, 0.3) is 5.56 Å². The van der Waals surface area contributed by atoms with Crippen LogP contribution in [0, 0.1) is 5.82 Å². The molecule has 0 fully saturated rings. The fourth-order valence-corrected chi connectivity index (χ4v) is 4.47. The van der Waals surface area contributed by atoms with Crippen molar-refractivity contribution in [2.45, 2.75) is 26.1 Å². The smallest absolute Gasteiger partial charge is 0.412 e. The molecule has 4 aromatic rings. The zero-order valence-electron chi connectivity index (χ0n) is 19.8. The SMILES string of the molecule is COC(=O)NC1=Nc2cc(-c3cc(Cc4n[nH]c(=O)c5cc(CO)c(CO)cc45)ccc3F)ccc2C1. The van der Waals surface area contributed by atoms with Crippen LogP contribution in [-0.2, 0) is 30.8 Å². The molecule has 0 spiro atoms. The van der Waals surface area contributed by atoms with E-state index in [0.29, 0.717) is 63.1 Å². The van der Waals surface area contributed by atoms with Crippen molar-refractivity contribution in [1.29, 1.82) is 0 Å². The molecule has 0 saturated heterocycles. The minimum Gasteiger partial charge on any atom is -0.453 e. The lowest BCUT2D eigenvalue weighted by molar-refractivity contribution is 0.176. The maximum Gasteiger partial charge on any atom is 0.412 e. The Hall–Kier alpha value is -4.41. The number of aromatic nitrogens is 2. The highest BCUT2D eigenvalue weighted by atomic mass is 19.1. The summed E-state index contributed by atoms with van der Waals surface area (Å²) in [7, 11) is 1.27. The fraction of sp³-hybridized carbons (Fsp3) is 0.185. The fourth-order valence-electron chi connectivity index (χ4n) is 4.47. The van der Waals surface area contributed by atoms with E-state index in [9.17, 15) is 24.2 Å². The summed E-state index contributed by atoms with van der Waals surface area (Å²) < 4.78 is 19.5. The van der Waals surface area contributed by atoms with Gasteiger partial charge in [-0.05, 0) is 58.1 Å². The normalized spacial score (nSPS) is 12.4. The summed E-state index contributed by atoms with van der Waals surface area (Å²) in [4.78, 5) is 28.3. The summed E-state index contributed by atoms with van der Waals surface area (Å²) in [6.07, 6.45) is 0.124. The molecule has 3 aromatic carbocycles. The molecule has 2 heterocycles. The molecule has 0 atom stereocenters. The highest BCUT2D eigenvalue weighted by molar-refractivity contribution is 6.01. The molecule has 9 nitrogen and oxygen atoms in total. The number of H-pyrrole nitrogens is 1. The number of hydrogen-bond acceptors (Lipinski definition) is 7. The zero-order valence-corrected chi connectivity index (χ0v) is 19.8. The minimum absolute atomic E-state index is 0.292. The average Bonchev–Trinajstić information content (AvgIpc) is 3.31. The van der Waals surface area contributed by atoms with Gasteiger partial charge in [0.1, 0.15) is 11.7 Å². The van der Waals surface area contributed by atoms with Crippen LogP contribution in [0.2, 0.25) is 0 Å². The number of ether oxygens (including phenoxy) is 1. The van der Waals surface area contributed by atoms with Crippen LogP contribution in [0.4, 0.5) is 14.9 Å². The quantitative estimate of drug-likeness (QED) is 0.331. The van der Waals surface area contributed by atoms with Gasteiger partial charge in [-0.1, -0.05) is 18.2 Å². The monoisotopic (exact) mass is 502 g/mol. The second-order valence-corrected chi connectivity index (χ2v) is 8.67. The predicted molar refractivity (Wildman–Crippen MR) is 135 cm³/mol. The Balaban J connectivity index is 1.50. The average molecular weight is 503 g/mol. The van der Waals surface area contributed by atoms with Crippen LogP contribution >= 0.6 is 0 Å². The maximum absolute atomic E-state index is 14.9. The number of hydrogen-bond donors (Lipinski definition) is 4. The van der Waals surface area contributed by atoms with Crippen molar-refractivity contribution >= 4 is 28.4 Å². The molecule has 0 radical (unpaired) electrons. The molecule has 0 aliphatic carbocycles. The first-order chi connectivity index (χ1) is 17.9. The van der Waals surface area contributed by atoms with Crippen molar-refractivity contribution < 1.29 is 24.1 Å². The lowest BCUT2D eigenvalue weighted by Crippen LogP contribution is -2.30. The number of rotatable bonds is 5. The second-order valence-electron chi connectivity index (χ2n) is 8.67. The summed E-state index contributed by atoms with van der Waals surface area (Å²) in [5.41, 5.74) is 4.39. The van der Waals surface area contributed by atoms with Crippen LogP contribution in [0.5, 0.6) is 0 Å². The summed E-state index contributed by atoms with van der Waals surface area (Å²) in [6, 6.07) is 13.4. The number of benzene rings is 3. The third-order valence-corrected chi connectivity index (χ3v) is 6.37. The standard InChI is InChI=1S/C27H23FN4O5/c1-37-27(36)30-25-11-16-4-3-15(10-23(16)29-25)19-6-14(2-5-22(19)28)7-24-20-8-17(12-33)18(13-34)9-21(20)26(35)32-31-24/h2-6,8-10,33-34H,7,11-13H2,1H3,(H,32,35)(H,29,30,36). The lowest BCUT2D eigenvalue weighted by Gasteiger charge is -2.11. The highest BCUT2D eigenvalue weighted by Crippen LogP contribution is 2.33. The van der Waals surface area contributed by atoms with E-state index < -0.39 is 17.5 Å². The largest absolute Gasteiger partial charge is 0.453 e. The number of carbonyl (C=O) groups is 1. The molecule has 37 heavy (non-hydrogen) atoms. The number of methoxy groups -OCH3 is 1. The highest BCUT2D eigenvalue weighted by Gasteiger charge is 2.19. The van der Waals surface area contributed by atoms with Crippen molar-refractivity contribution in [2.75, 3.05) is 7.11 Å². The Morgan fingerprint density at radius 1 is 1.08 bits per heavy atom. The molecule has 188 valence electrons. The van der Waals surface area contributed by atoms with Crippen LogP contribution in [0.1, 0.15) is 27.9 Å². The molecule has 4 N–H and O–H groups in total. The van der Waals surface area contributed by atoms with Crippen LogP contribution in [0.15, 0.2) is 58.3 Å². The van der Waals surface area contributed by atoms with Gasteiger partial charge in [0, 0.05) is 23.8 Å². The van der Waals surface area contributed by atoms with Crippen molar-refractivity contribution in [2.24, 2.45) is 4.99 Å². The number of aliphatic imine (C=N–C) groups is 1. The van der Waals surface area contributed by atoms with Gasteiger partial charge in [-0.2, -0.15) is 5.10 Å². The maximum atomic E-state index is 14.9. The van der Waals surface area contributed by atoms with E-state index in [1.807, 2.05) is 6.07 Å². The number of aromatic amines is 1. The number of nitrogens with zero attached hydrogens (tertiary/aromatic N) is 2. The number of carbonyl (C=O) groups excluding carboxylic acids is 1. The predicted octanol–water partition coefficient (Wildman–Crippen LogP) is 3.25. The molecule has 10 heteroatoms. The van der Waals surface area contributed by atoms with E-state index in [0.717, 1.165) is 11.1 Å². The molecular weight excluding hydrogens is 479 g/mol. The van der Waals surface area contributed by atoms with Gasteiger partial charge >= 0.3 is 6.09 Å². The summed E-state index contributed by atoms with van der Waals surface area (Å²) in [5, 5.41) is 29.4. The number of aliphatic hydroxyl groups is 2. The van der Waals surface area contributed by atoms with Crippen LogP contribution in [0.3, 0.4) is 0 Å². The minimum atomic E-state index is -0.604. The first kappa shape index (κ1) is 24.3. The number of alkyl carbamates (subject to hydrolysis) is 1. The van der Waals surface area contributed by atoms with Crippen molar-refractivity contribution in [3.05, 3.63) is 92.6 Å². The molecule has 1 amide bonds. The van der Waals surface area contributed by atoms with Gasteiger partial charge in [0.05, 0.1) is 37.1 Å². The Morgan fingerprint density at radius 3 is 2.57 bits per heavy atom. The van der Waals surface area contributed by atoms with Crippen molar-refractivity contribution in [3.8, 4) is 11.1 Å². The topological polar surface area (TPSA) is 137 Å². The zero-order chi connectivity index (χ0) is 26.1. The van der Waals surface area contributed by atoms with Crippen molar-refractivity contribution in [3.63, 3.8) is 0 Å². The van der Waals surface area contributed by atoms with Gasteiger partial charge in [-0.3, -0.25) is 10.1 Å². The first-order valence-corrected chi connectivity index (χ1v) is 11.5. The van der Waals surface area contributed by atoms with E-state index in [-0.39, 0.29) is 13.2 Å². The number of amidine groups is 1. The molecule has 1 aromatic heterocycles. The first-order valence-electron chi connectivity index (χ1n) is 11.5. The molecule has 0 saturated carbocycles. The second kappa shape index (κ2) is 9.92. The summed E-state index contributed by atoms with van der Waals surface area (Å²) in [5.74, 6) is 0.0453. The van der Waals surface area contributed by atoms with Crippen LogP contribution in [-0.4, -0.2) is 39.4 Å². The van der Waals surface area contributed by atoms with Crippen LogP contribution < -0.4 is 10.9 Å². The molecule has 1 aliphatic heterocycles. The Bertz CT molecular complexity index is 1630. The Morgan fingerprint density at radius 2 is 1.84 bits per heavy atom. The van der Waals surface area contributed by atoms with E-state index in [1.165, 1.54) is 13.2 Å². The molecule has 1 aliphatic rings. The number of halogens is 1. The van der Waals surface area contributed by atoms with Gasteiger partial charge in [0.15, 0.2) is 0 Å².